The lowest BCUT2D eigenvalue weighted by atomic mass is 9.96. The first-order chi connectivity index (χ1) is 16.7. The molecular formula is C34H32. The second-order valence-corrected chi connectivity index (χ2v) is 9.51. The molecule has 0 heterocycles. The van der Waals surface area contributed by atoms with Crippen molar-refractivity contribution in [1.82, 2.24) is 0 Å². The van der Waals surface area contributed by atoms with Gasteiger partial charge in [0, 0.05) is 0 Å². The molecule has 0 heteroatoms. The standard InChI is InChI=1S/C34H32/c1-25-31(19-16-28-10-6-3-4-7-11-28)22-30(15-14-27-12-8-5-9-13-27)23-32(25)20-17-29-18-21-33-26(2)34(33)24-29/h3,5-24,26,33-34H,4H2,1-2H3/b15-14+,19-16+,20-17+. The Morgan fingerprint density at radius 1 is 0.735 bits per heavy atom. The van der Waals surface area contributed by atoms with Crippen molar-refractivity contribution in [2.24, 2.45) is 17.8 Å². The summed E-state index contributed by atoms with van der Waals surface area (Å²) >= 11 is 0. The van der Waals surface area contributed by atoms with E-state index in [4.69, 9.17) is 0 Å². The van der Waals surface area contributed by atoms with Crippen LogP contribution in [0.25, 0.3) is 24.3 Å². The summed E-state index contributed by atoms with van der Waals surface area (Å²) in [5.74, 6) is 2.30. The van der Waals surface area contributed by atoms with Crippen molar-refractivity contribution >= 4 is 24.3 Å². The third-order valence-corrected chi connectivity index (χ3v) is 7.11. The molecular weight excluding hydrogens is 408 g/mol. The van der Waals surface area contributed by atoms with Crippen LogP contribution in [0.5, 0.6) is 0 Å². The van der Waals surface area contributed by atoms with Gasteiger partial charge in [0.1, 0.15) is 0 Å². The van der Waals surface area contributed by atoms with E-state index < -0.39 is 0 Å². The summed E-state index contributed by atoms with van der Waals surface area (Å²) in [6, 6.07) is 15.1. The predicted molar refractivity (Wildman–Crippen MR) is 149 cm³/mol. The van der Waals surface area contributed by atoms with Crippen LogP contribution in [0.1, 0.15) is 41.2 Å². The minimum Gasteiger partial charge on any atom is -0.0807 e. The molecule has 2 aromatic carbocycles. The molecule has 3 atom stereocenters. The molecule has 1 saturated carbocycles. The molecule has 2 aromatic rings. The lowest BCUT2D eigenvalue weighted by molar-refractivity contribution is 0.884. The fourth-order valence-electron chi connectivity index (χ4n) is 4.77. The van der Waals surface area contributed by atoms with Gasteiger partial charge in [0.2, 0.25) is 0 Å². The molecule has 0 radical (unpaired) electrons. The molecule has 168 valence electrons. The molecule has 0 aliphatic heterocycles. The Morgan fingerprint density at radius 3 is 2.24 bits per heavy atom. The van der Waals surface area contributed by atoms with E-state index in [2.05, 4.69) is 141 Å². The Bertz CT molecular complexity index is 1290. The van der Waals surface area contributed by atoms with Crippen LogP contribution in [0, 0.1) is 24.7 Å². The number of benzene rings is 2. The van der Waals surface area contributed by atoms with Crippen LogP contribution in [-0.4, -0.2) is 0 Å². The third kappa shape index (κ3) is 5.29. The number of hydrogen-bond donors (Lipinski definition) is 0. The summed E-state index contributed by atoms with van der Waals surface area (Å²) < 4.78 is 0. The summed E-state index contributed by atoms with van der Waals surface area (Å²) in [5, 5.41) is 0. The lowest BCUT2D eigenvalue weighted by Crippen LogP contribution is -1.90. The monoisotopic (exact) mass is 440 g/mol. The average Bonchev–Trinajstić information content (AvgIpc) is 3.59. The van der Waals surface area contributed by atoms with Crippen molar-refractivity contribution in [2.45, 2.75) is 20.3 Å². The van der Waals surface area contributed by atoms with E-state index in [-0.39, 0.29) is 0 Å². The second kappa shape index (κ2) is 10.1. The number of fused-ring (bicyclic) bond motifs is 1. The van der Waals surface area contributed by atoms with Gasteiger partial charge in [0.05, 0.1) is 0 Å². The van der Waals surface area contributed by atoms with Gasteiger partial charge in [-0.25, -0.2) is 0 Å². The van der Waals surface area contributed by atoms with Crippen LogP contribution < -0.4 is 0 Å². The van der Waals surface area contributed by atoms with Gasteiger partial charge in [0.25, 0.3) is 0 Å². The highest BCUT2D eigenvalue weighted by molar-refractivity contribution is 5.75. The molecule has 0 amide bonds. The first-order valence-electron chi connectivity index (χ1n) is 12.3. The molecule has 3 aliphatic rings. The smallest absolute Gasteiger partial charge is 0.0127 e. The fourth-order valence-corrected chi connectivity index (χ4v) is 4.77. The van der Waals surface area contributed by atoms with E-state index in [0.717, 1.165) is 24.2 Å². The molecule has 3 unspecified atom stereocenters. The van der Waals surface area contributed by atoms with Crippen molar-refractivity contribution in [3.05, 3.63) is 142 Å². The molecule has 0 aromatic heterocycles. The molecule has 0 bridgehead atoms. The summed E-state index contributed by atoms with van der Waals surface area (Å²) in [6.45, 7) is 4.58. The van der Waals surface area contributed by atoms with Crippen LogP contribution in [0.15, 0.2) is 114 Å². The van der Waals surface area contributed by atoms with Crippen LogP contribution in [0.2, 0.25) is 0 Å². The predicted octanol–water partition coefficient (Wildman–Crippen LogP) is 9.01. The van der Waals surface area contributed by atoms with Gasteiger partial charge in [-0.1, -0.05) is 122 Å². The first kappa shape index (κ1) is 22.2. The van der Waals surface area contributed by atoms with Gasteiger partial charge in [0.15, 0.2) is 0 Å². The maximum Gasteiger partial charge on any atom is -0.0127 e. The van der Waals surface area contributed by atoms with Crippen LogP contribution in [0.4, 0.5) is 0 Å². The van der Waals surface area contributed by atoms with Gasteiger partial charge >= 0.3 is 0 Å². The molecule has 3 aliphatic carbocycles. The van der Waals surface area contributed by atoms with Crippen molar-refractivity contribution in [3.63, 3.8) is 0 Å². The summed E-state index contributed by atoms with van der Waals surface area (Å²) in [7, 11) is 0. The Labute approximate surface area is 204 Å². The number of rotatable bonds is 6. The minimum absolute atomic E-state index is 0.735. The molecule has 0 N–H and O–H groups in total. The quantitative estimate of drug-likeness (QED) is 0.393. The summed E-state index contributed by atoms with van der Waals surface area (Å²) in [6.07, 6.45) is 32.4. The number of hydrogen-bond acceptors (Lipinski definition) is 0. The Hall–Kier alpha value is -3.64. The highest BCUT2D eigenvalue weighted by atomic mass is 14.5. The van der Waals surface area contributed by atoms with E-state index in [1.807, 2.05) is 0 Å². The molecule has 0 nitrogen and oxygen atoms in total. The highest BCUT2D eigenvalue weighted by Gasteiger charge is 2.44. The zero-order valence-electron chi connectivity index (χ0n) is 20.1. The SMILES string of the molecule is Cc1c(/C=C/C2=CC=CCC=C2)cc(/C=C/c2ccccc2)cc1/C=C/C1=CC2C(C)C2C=C1. The van der Waals surface area contributed by atoms with Crippen molar-refractivity contribution in [3.8, 4) is 0 Å². The Kier molecular flexibility index (Phi) is 6.58. The lowest BCUT2D eigenvalue weighted by Gasteiger charge is -2.09. The second-order valence-electron chi connectivity index (χ2n) is 9.51. The van der Waals surface area contributed by atoms with Crippen LogP contribution in [0.3, 0.4) is 0 Å². The Morgan fingerprint density at radius 2 is 1.47 bits per heavy atom. The van der Waals surface area contributed by atoms with Gasteiger partial charge in [-0.3, -0.25) is 0 Å². The summed E-state index contributed by atoms with van der Waals surface area (Å²) in [5.41, 5.74) is 8.79. The fraction of sp³-hybridized carbons (Fsp3) is 0.176. The average molecular weight is 441 g/mol. The van der Waals surface area contributed by atoms with Crippen molar-refractivity contribution in [2.75, 3.05) is 0 Å². The van der Waals surface area contributed by atoms with Gasteiger partial charge in [-0.2, -0.15) is 0 Å². The zero-order valence-corrected chi connectivity index (χ0v) is 20.1. The van der Waals surface area contributed by atoms with E-state index in [1.165, 1.54) is 39.0 Å². The summed E-state index contributed by atoms with van der Waals surface area (Å²) in [4.78, 5) is 0. The normalized spacial score (nSPS) is 23.4. The van der Waals surface area contributed by atoms with Crippen LogP contribution in [-0.2, 0) is 0 Å². The van der Waals surface area contributed by atoms with E-state index in [9.17, 15) is 0 Å². The molecule has 0 spiro atoms. The molecule has 5 rings (SSSR count). The highest BCUT2D eigenvalue weighted by Crippen LogP contribution is 2.50. The zero-order chi connectivity index (χ0) is 23.3. The van der Waals surface area contributed by atoms with Gasteiger partial charge in [-0.15, -0.1) is 0 Å². The van der Waals surface area contributed by atoms with Crippen molar-refractivity contribution in [1.29, 1.82) is 0 Å². The molecule has 34 heavy (non-hydrogen) atoms. The maximum absolute atomic E-state index is 2.44. The number of allylic oxidation sites excluding steroid dienone is 12. The van der Waals surface area contributed by atoms with Gasteiger partial charge < -0.3 is 0 Å². The third-order valence-electron chi connectivity index (χ3n) is 7.11. The Balaban J connectivity index is 1.47. The maximum atomic E-state index is 2.44. The topological polar surface area (TPSA) is 0 Å². The van der Waals surface area contributed by atoms with Crippen LogP contribution >= 0.6 is 0 Å². The van der Waals surface area contributed by atoms with E-state index in [1.54, 1.807) is 0 Å². The molecule has 1 fully saturated rings. The largest absolute Gasteiger partial charge is 0.0807 e. The van der Waals surface area contributed by atoms with E-state index in [0.29, 0.717) is 0 Å². The first-order valence-corrected chi connectivity index (χ1v) is 12.3. The van der Waals surface area contributed by atoms with Crippen molar-refractivity contribution < 1.29 is 0 Å². The molecule has 0 saturated heterocycles. The van der Waals surface area contributed by atoms with E-state index >= 15 is 0 Å². The minimum atomic E-state index is 0.735. The van der Waals surface area contributed by atoms with Gasteiger partial charge in [-0.05, 0) is 82.2 Å².